The van der Waals surface area contributed by atoms with Crippen molar-refractivity contribution in [1.82, 2.24) is 24.5 Å². The predicted octanol–water partition coefficient (Wildman–Crippen LogP) is 1.92. The molecule has 3 N–H and O–H groups in total. The number of nitrogens with two attached hydrogens (primary N) is 1. The Labute approximate surface area is 190 Å². The van der Waals surface area contributed by atoms with Crippen LogP contribution in [0.15, 0.2) is 36.4 Å². The lowest BCUT2D eigenvalue weighted by Gasteiger charge is -2.26. The van der Waals surface area contributed by atoms with Crippen LogP contribution in [0.25, 0.3) is 16.6 Å². The standard InChI is InChI=1S/C23H25N7O3/c24-23-27-22-17-3-2-16(25-5-6-29-7-9-31-10-8-29)13-18(17)26-21(30(22)28-23)12-15-1-4-19-20(11-15)33-14-32-19/h1-4,11,13,25H,5-10,12,14H2,(H2,24,28). The Hall–Kier alpha value is -3.63. The second-order valence-electron chi connectivity index (χ2n) is 8.21. The number of nitrogens with one attached hydrogen (secondary N) is 1. The van der Waals surface area contributed by atoms with Crippen molar-refractivity contribution in [3.05, 3.63) is 47.8 Å². The Bertz CT molecular complexity index is 1320. The number of morpholine rings is 1. The van der Waals surface area contributed by atoms with Crippen LogP contribution in [0.4, 0.5) is 11.6 Å². The van der Waals surface area contributed by atoms with E-state index in [-0.39, 0.29) is 12.7 Å². The van der Waals surface area contributed by atoms with Gasteiger partial charge in [0.2, 0.25) is 12.7 Å². The van der Waals surface area contributed by atoms with E-state index in [4.69, 9.17) is 24.9 Å². The number of benzene rings is 2. The number of rotatable bonds is 6. The molecule has 170 valence electrons. The van der Waals surface area contributed by atoms with E-state index in [2.05, 4.69) is 26.4 Å². The van der Waals surface area contributed by atoms with E-state index in [0.717, 1.165) is 78.9 Å². The third-order valence-corrected chi connectivity index (χ3v) is 6.02. The van der Waals surface area contributed by atoms with Gasteiger partial charge in [0.1, 0.15) is 5.82 Å². The van der Waals surface area contributed by atoms with E-state index in [9.17, 15) is 0 Å². The quantitative estimate of drug-likeness (QED) is 0.458. The Kier molecular flexibility index (Phi) is 5.08. The molecule has 2 aromatic heterocycles. The summed E-state index contributed by atoms with van der Waals surface area (Å²) in [6.07, 6.45) is 0.556. The van der Waals surface area contributed by atoms with E-state index in [0.29, 0.717) is 12.1 Å². The molecule has 0 saturated carbocycles. The lowest BCUT2D eigenvalue weighted by atomic mass is 10.1. The van der Waals surface area contributed by atoms with Gasteiger partial charge in [-0.05, 0) is 35.9 Å². The van der Waals surface area contributed by atoms with E-state index in [1.165, 1.54) is 0 Å². The van der Waals surface area contributed by atoms with Gasteiger partial charge in [-0.25, -0.2) is 4.98 Å². The Morgan fingerprint density at radius 2 is 1.88 bits per heavy atom. The van der Waals surface area contributed by atoms with Gasteiger partial charge < -0.3 is 25.3 Å². The maximum atomic E-state index is 5.95. The molecule has 0 bridgehead atoms. The highest BCUT2D eigenvalue weighted by Gasteiger charge is 2.17. The first kappa shape index (κ1) is 20.0. The largest absolute Gasteiger partial charge is 0.454 e. The third-order valence-electron chi connectivity index (χ3n) is 6.02. The number of fused-ring (bicyclic) bond motifs is 4. The molecule has 10 nitrogen and oxygen atoms in total. The molecule has 0 spiro atoms. The summed E-state index contributed by atoms with van der Waals surface area (Å²) in [5, 5.41) is 8.81. The van der Waals surface area contributed by atoms with E-state index in [1.54, 1.807) is 4.52 Å². The van der Waals surface area contributed by atoms with Gasteiger partial charge >= 0.3 is 0 Å². The third kappa shape index (κ3) is 3.98. The van der Waals surface area contributed by atoms with Crippen molar-refractivity contribution < 1.29 is 14.2 Å². The van der Waals surface area contributed by atoms with Gasteiger partial charge in [-0.1, -0.05) is 6.07 Å². The van der Waals surface area contributed by atoms with Crippen LogP contribution in [0.2, 0.25) is 0 Å². The molecule has 4 heterocycles. The maximum Gasteiger partial charge on any atom is 0.240 e. The lowest BCUT2D eigenvalue weighted by molar-refractivity contribution is 0.0398. The second kappa shape index (κ2) is 8.38. The fraction of sp³-hybridized carbons (Fsp3) is 0.348. The molecule has 1 saturated heterocycles. The van der Waals surface area contributed by atoms with Crippen LogP contribution < -0.4 is 20.5 Å². The molecule has 2 aliphatic heterocycles. The fourth-order valence-corrected chi connectivity index (χ4v) is 4.32. The molecule has 1 fully saturated rings. The zero-order valence-corrected chi connectivity index (χ0v) is 18.2. The van der Waals surface area contributed by atoms with Gasteiger partial charge in [0.25, 0.3) is 0 Å². The minimum Gasteiger partial charge on any atom is -0.454 e. The topological polar surface area (TPSA) is 112 Å². The van der Waals surface area contributed by atoms with Crippen molar-refractivity contribution in [3.63, 3.8) is 0 Å². The summed E-state index contributed by atoms with van der Waals surface area (Å²) in [4.78, 5) is 11.8. The zero-order valence-electron chi connectivity index (χ0n) is 18.2. The summed E-state index contributed by atoms with van der Waals surface area (Å²) in [6.45, 7) is 5.66. The molecule has 0 aliphatic carbocycles. The number of ether oxygens (including phenoxy) is 3. The van der Waals surface area contributed by atoms with Crippen LogP contribution in [0, 0.1) is 0 Å². The van der Waals surface area contributed by atoms with Crippen LogP contribution in [0.5, 0.6) is 11.5 Å². The van der Waals surface area contributed by atoms with Crippen LogP contribution >= 0.6 is 0 Å². The van der Waals surface area contributed by atoms with Crippen molar-refractivity contribution in [3.8, 4) is 11.5 Å². The highest BCUT2D eigenvalue weighted by atomic mass is 16.7. The van der Waals surface area contributed by atoms with Gasteiger partial charge in [0, 0.05) is 43.7 Å². The monoisotopic (exact) mass is 447 g/mol. The summed E-state index contributed by atoms with van der Waals surface area (Å²) in [5.41, 5.74) is 9.57. The summed E-state index contributed by atoms with van der Waals surface area (Å²) < 4.78 is 18.1. The second-order valence-corrected chi connectivity index (χ2v) is 8.21. The van der Waals surface area contributed by atoms with Crippen molar-refractivity contribution in [2.75, 3.05) is 57.2 Å². The van der Waals surface area contributed by atoms with Gasteiger partial charge in [-0.3, -0.25) is 4.90 Å². The average Bonchev–Trinajstić information content (AvgIpc) is 3.46. The number of hydrogen-bond donors (Lipinski definition) is 2. The number of nitrogens with zero attached hydrogens (tertiary/aromatic N) is 5. The van der Waals surface area contributed by atoms with Gasteiger partial charge in [-0.2, -0.15) is 9.50 Å². The first-order valence-corrected chi connectivity index (χ1v) is 11.1. The van der Waals surface area contributed by atoms with Crippen molar-refractivity contribution >= 4 is 28.2 Å². The molecule has 2 aromatic carbocycles. The molecule has 10 heteroatoms. The van der Waals surface area contributed by atoms with Crippen molar-refractivity contribution in [2.24, 2.45) is 0 Å². The molecule has 2 aliphatic rings. The molecule has 0 radical (unpaired) electrons. The zero-order chi connectivity index (χ0) is 22.2. The smallest absolute Gasteiger partial charge is 0.240 e. The van der Waals surface area contributed by atoms with Crippen LogP contribution in [-0.4, -0.2) is 70.7 Å². The Morgan fingerprint density at radius 3 is 2.79 bits per heavy atom. The molecular weight excluding hydrogens is 422 g/mol. The molecule has 6 rings (SSSR count). The Morgan fingerprint density at radius 1 is 1.00 bits per heavy atom. The molecule has 4 aromatic rings. The molecule has 33 heavy (non-hydrogen) atoms. The minimum absolute atomic E-state index is 0.226. The number of hydrogen-bond acceptors (Lipinski definition) is 9. The summed E-state index contributed by atoms with van der Waals surface area (Å²) in [5.74, 6) is 2.48. The Balaban J connectivity index is 1.29. The predicted molar refractivity (Wildman–Crippen MR) is 124 cm³/mol. The van der Waals surface area contributed by atoms with Crippen LogP contribution in [-0.2, 0) is 11.2 Å². The molecule has 0 unspecified atom stereocenters. The summed E-state index contributed by atoms with van der Waals surface area (Å²) >= 11 is 0. The summed E-state index contributed by atoms with van der Waals surface area (Å²) in [7, 11) is 0. The maximum absolute atomic E-state index is 5.95. The van der Waals surface area contributed by atoms with E-state index >= 15 is 0 Å². The number of aromatic nitrogens is 4. The first-order chi connectivity index (χ1) is 16.2. The molecular formula is C23H25N7O3. The lowest BCUT2D eigenvalue weighted by Crippen LogP contribution is -2.38. The van der Waals surface area contributed by atoms with Gasteiger partial charge in [0.05, 0.1) is 18.7 Å². The van der Waals surface area contributed by atoms with Crippen molar-refractivity contribution in [1.29, 1.82) is 0 Å². The van der Waals surface area contributed by atoms with Crippen LogP contribution in [0.3, 0.4) is 0 Å². The van der Waals surface area contributed by atoms with E-state index in [1.807, 2.05) is 30.3 Å². The van der Waals surface area contributed by atoms with Crippen LogP contribution in [0.1, 0.15) is 11.4 Å². The average molecular weight is 447 g/mol. The SMILES string of the molecule is Nc1nc2c3ccc(NCCN4CCOCC4)cc3nc(Cc3ccc4c(c3)OCO4)n2n1. The molecule has 0 atom stereocenters. The number of nitrogen functional groups attached to an aromatic ring is 1. The van der Waals surface area contributed by atoms with Gasteiger partial charge in [-0.15, -0.1) is 5.10 Å². The fourth-order valence-electron chi connectivity index (χ4n) is 4.32. The summed E-state index contributed by atoms with van der Waals surface area (Å²) in [6, 6.07) is 12.0. The minimum atomic E-state index is 0.226. The normalized spacial score (nSPS) is 16.0. The van der Waals surface area contributed by atoms with Gasteiger partial charge in [0.15, 0.2) is 17.1 Å². The van der Waals surface area contributed by atoms with E-state index < -0.39 is 0 Å². The highest BCUT2D eigenvalue weighted by Crippen LogP contribution is 2.33. The van der Waals surface area contributed by atoms with Crippen molar-refractivity contribution in [2.45, 2.75) is 6.42 Å². The molecule has 0 amide bonds. The first-order valence-electron chi connectivity index (χ1n) is 11.1. The highest BCUT2D eigenvalue weighted by molar-refractivity contribution is 5.93. The number of anilines is 2.